The van der Waals surface area contributed by atoms with E-state index >= 15 is 0 Å². The number of anilines is 2. The summed E-state index contributed by atoms with van der Waals surface area (Å²) in [6.07, 6.45) is 5.34. The highest BCUT2D eigenvalue weighted by atomic mass is 32.2. The summed E-state index contributed by atoms with van der Waals surface area (Å²) in [5.74, 6) is -0.350. The molecule has 63 heavy (non-hydrogen) atoms. The maximum Gasteiger partial charge on any atom is 0.276 e. The minimum atomic E-state index is -0.653. The van der Waals surface area contributed by atoms with Crippen LogP contribution in [0.4, 0.5) is 11.9 Å². The van der Waals surface area contributed by atoms with E-state index in [1.807, 2.05) is 44.4 Å². The zero-order valence-electron chi connectivity index (χ0n) is 36.4. The summed E-state index contributed by atoms with van der Waals surface area (Å²) in [4.78, 5) is 72.8. The van der Waals surface area contributed by atoms with Gasteiger partial charge in [0.05, 0.1) is 40.1 Å². The number of carbonyl (C=O) groups excluding carboxylic acids is 4. The molecule has 1 saturated heterocycles. The number of thioether (sulfide) groups is 1. The highest BCUT2D eigenvalue weighted by Gasteiger charge is 2.24. The molecule has 1 aliphatic heterocycles. The molecule has 0 bridgehead atoms. The topological polar surface area (TPSA) is 226 Å². The third-order valence-corrected chi connectivity index (χ3v) is 13.0. The smallest absolute Gasteiger partial charge is 0.276 e. The second-order valence-electron chi connectivity index (χ2n) is 15.3. The van der Waals surface area contributed by atoms with E-state index in [2.05, 4.69) is 37.6 Å². The third-order valence-electron chi connectivity index (χ3n) is 10.8. The Labute approximate surface area is 373 Å². The summed E-state index contributed by atoms with van der Waals surface area (Å²) in [5, 5.41) is 11.2. The van der Waals surface area contributed by atoms with Crippen LogP contribution in [-0.4, -0.2) is 120 Å². The van der Waals surface area contributed by atoms with Crippen molar-refractivity contribution < 1.29 is 23.9 Å². The van der Waals surface area contributed by atoms with E-state index in [0.29, 0.717) is 62.8 Å². The second kappa shape index (κ2) is 19.5. The predicted molar refractivity (Wildman–Crippen MR) is 246 cm³/mol. The number of methoxy groups -OCH3 is 1. The van der Waals surface area contributed by atoms with Gasteiger partial charge in [-0.15, -0.1) is 23.1 Å². The van der Waals surface area contributed by atoms with Gasteiger partial charge in [0.1, 0.15) is 21.8 Å². The molecule has 4 aromatic heterocycles. The maximum atomic E-state index is 13.9. The van der Waals surface area contributed by atoms with Crippen LogP contribution in [0, 0.1) is 13.8 Å². The van der Waals surface area contributed by atoms with Crippen LogP contribution in [-0.2, 0) is 26.1 Å². The molecule has 332 valence electrons. The molecule has 0 saturated carbocycles. The van der Waals surface area contributed by atoms with Gasteiger partial charge in [-0.1, -0.05) is 19.1 Å². The van der Waals surface area contributed by atoms with E-state index in [4.69, 9.17) is 26.2 Å². The number of fused-ring (bicyclic) bond motifs is 2. The fraction of sp³-hybridized carbons (Fsp3) is 0.395. The van der Waals surface area contributed by atoms with Gasteiger partial charge in [0.2, 0.25) is 23.7 Å². The van der Waals surface area contributed by atoms with E-state index in [1.54, 1.807) is 51.3 Å². The van der Waals surface area contributed by atoms with E-state index in [1.165, 1.54) is 18.4 Å². The average molecular weight is 896 g/mol. The van der Waals surface area contributed by atoms with Gasteiger partial charge >= 0.3 is 0 Å². The Morgan fingerprint density at radius 2 is 1.46 bits per heavy atom. The Morgan fingerprint density at radius 3 is 2.08 bits per heavy atom. The van der Waals surface area contributed by atoms with Gasteiger partial charge in [0.25, 0.3) is 11.8 Å². The van der Waals surface area contributed by atoms with Crippen LogP contribution in [0.15, 0.2) is 47.4 Å². The molecule has 6 aromatic rings. The molecule has 6 N–H and O–H groups in total. The number of rotatable bonds is 18. The molecular weight excluding hydrogens is 843 g/mol. The number of benzene rings is 2. The number of thiazole rings is 1. The van der Waals surface area contributed by atoms with Crippen LogP contribution in [0.1, 0.15) is 77.5 Å². The number of hydrogen-bond donors (Lipinski definition) is 4. The quantitative estimate of drug-likeness (QED) is 0.0512. The first-order chi connectivity index (χ1) is 30.3. The van der Waals surface area contributed by atoms with Gasteiger partial charge < -0.3 is 35.1 Å². The Balaban J connectivity index is 1.24. The van der Waals surface area contributed by atoms with Crippen LogP contribution < -0.4 is 26.8 Å². The number of nitrogens with zero attached hydrogens (tertiary/aromatic N) is 9. The third kappa shape index (κ3) is 9.93. The van der Waals surface area contributed by atoms with Crippen molar-refractivity contribution in [3.05, 3.63) is 80.6 Å². The second-order valence-corrected chi connectivity index (χ2v) is 17.6. The maximum absolute atomic E-state index is 13.9. The molecule has 2 aromatic carbocycles. The number of imidazole rings is 2. The predicted octanol–water partition coefficient (Wildman–Crippen LogP) is 4.94. The number of aryl methyl sites for hydroxylation is 4. The van der Waals surface area contributed by atoms with Gasteiger partial charge in [0, 0.05) is 61.8 Å². The number of nitrogens with two attached hydrogens (primary N) is 2. The van der Waals surface area contributed by atoms with Crippen LogP contribution in [0.2, 0.25) is 0 Å². The zero-order valence-corrected chi connectivity index (χ0v) is 38.0. The molecule has 20 heteroatoms. The first-order valence-corrected chi connectivity index (χ1v) is 22.6. The highest BCUT2D eigenvalue weighted by Crippen LogP contribution is 2.34. The SMILES string of the molecule is CCc1nc(C)sc1C(=O)Nc1nc2cc(C(N)=O)cc(SCCCN3CCN(C)CC3)c2n1C/C=C/Cn1c(NC(=O)c2cc(C)nn2CC)nc2cc(C(N)=O)cc(OC)c21. The Hall–Kier alpha value is -6.09. The van der Waals surface area contributed by atoms with Crippen molar-refractivity contribution in [2.24, 2.45) is 11.5 Å². The van der Waals surface area contributed by atoms with Crippen LogP contribution >= 0.6 is 23.1 Å². The van der Waals surface area contributed by atoms with Crippen molar-refractivity contribution in [2.75, 3.05) is 63.3 Å². The van der Waals surface area contributed by atoms with E-state index in [-0.39, 0.29) is 36.5 Å². The Bertz CT molecular complexity index is 2720. The molecular formula is C43H53N13O5S2. The lowest BCUT2D eigenvalue weighted by molar-refractivity contribution is 0.0991. The minimum absolute atomic E-state index is 0.200. The lowest BCUT2D eigenvalue weighted by atomic mass is 10.1. The van der Waals surface area contributed by atoms with Crippen LogP contribution in [0.5, 0.6) is 5.75 Å². The molecule has 4 amide bonds. The van der Waals surface area contributed by atoms with Crippen molar-refractivity contribution in [2.45, 2.75) is 65.1 Å². The number of likely N-dealkylation sites (N-methyl/N-ethyl adjacent to an activating group) is 1. The number of ether oxygens (including phenoxy) is 1. The van der Waals surface area contributed by atoms with Crippen molar-refractivity contribution in [3.63, 3.8) is 0 Å². The number of allylic oxidation sites excluding steroid dienone is 2. The summed E-state index contributed by atoms with van der Waals surface area (Å²) in [6, 6.07) is 8.25. The molecule has 0 spiro atoms. The fourth-order valence-corrected chi connectivity index (χ4v) is 9.60. The Morgan fingerprint density at radius 1 is 0.841 bits per heavy atom. The standard InChI is InChI=1S/C43H53N13O5S2/c1-7-29-37(63-26(4)46-29)41(60)50-43-48-31-22-28(39(45)58)24-34(62-19-11-12-53-17-15-52(5)16-18-53)36(31)55(43)14-10-9-13-54-35-30(21-27(38(44)57)23-33(35)61-6)47-42(54)49-40(59)32-20-25(3)51-56(32)8-2/h9-10,20-24H,7-8,11-19H2,1-6H3,(H2,44,57)(H2,45,58)(H,47,49,59)(H,48,50,60)/b10-9+. The molecule has 7 rings (SSSR count). The van der Waals surface area contributed by atoms with Crippen LogP contribution in [0.3, 0.4) is 0 Å². The molecule has 5 heterocycles. The molecule has 0 aliphatic carbocycles. The van der Waals surface area contributed by atoms with E-state index in [0.717, 1.165) is 60.3 Å². The van der Waals surface area contributed by atoms with Gasteiger partial charge in [-0.05, 0) is 83.3 Å². The monoisotopic (exact) mass is 895 g/mol. The van der Waals surface area contributed by atoms with Crippen molar-refractivity contribution in [1.29, 1.82) is 0 Å². The average Bonchev–Trinajstić information content (AvgIpc) is 4.03. The van der Waals surface area contributed by atoms with Gasteiger partial charge in [0.15, 0.2) is 0 Å². The highest BCUT2D eigenvalue weighted by molar-refractivity contribution is 7.99. The molecule has 0 radical (unpaired) electrons. The molecule has 0 unspecified atom stereocenters. The van der Waals surface area contributed by atoms with Gasteiger partial charge in [-0.2, -0.15) is 5.10 Å². The van der Waals surface area contributed by atoms with Crippen LogP contribution in [0.25, 0.3) is 22.1 Å². The first-order valence-electron chi connectivity index (χ1n) is 20.8. The number of carbonyl (C=O) groups is 4. The van der Waals surface area contributed by atoms with E-state index < -0.39 is 17.7 Å². The lowest BCUT2D eigenvalue weighted by Gasteiger charge is -2.32. The van der Waals surface area contributed by atoms with Crippen molar-refractivity contribution in [3.8, 4) is 5.75 Å². The van der Waals surface area contributed by atoms with Crippen molar-refractivity contribution >= 4 is 80.7 Å². The van der Waals surface area contributed by atoms with Gasteiger partial charge in [-0.25, -0.2) is 15.0 Å². The normalized spacial score (nSPS) is 13.7. The summed E-state index contributed by atoms with van der Waals surface area (Å²) in [6.45, 7) is 13.6. The number of amides is 4. The van der Waals surface area contributed by atoms with E-state index in [9.17, 15) is 19.2 Å². The summed E-state index contributed by atoms with van der Waals surface area (Å²) >= 11 is 2.94. The van der Waals surface area contributed by atoms with Crippen molar-refractivity contribution in [1.82, 2.24) is 43.7 Å². The molecule has 1 aliphatic rings. The number of aromatic nitrogens is 7. The fourth-order valence-electron chi connectivity index (χ4n) is 7.64. The largest absolute Gasteiger partial charge is 0.494 e. The summed E-state index contributed by atoms with van der Waals surface area (Å²) < 4.78 is 11.0. The molecule has 0 atom stereocenters. The molecule has 18 nitrogen and oxygen atoms in total. The number of hydrogen-bond acceptors (Lipinski definition) is 13. The number of piperazine rings is 1. The summed E-state index contributed by atoms with van der Waals surface area (Å²) in [5.41, 5.74) is 16.0. The Kier molecular flexibility index (Phi) is 13.9. The zero-order chi connectivity index (χ0) is 44.9. The van der Waals surface area contributed by atoms with Gasteiger partial charge in [-0.3, -0.25) is 34.5 Å². The lowest BCUT2D eigenvalue weighted by Crippen LogP contribution is -2.44. The number of nitrogens with one attached hydrogen (secondary N) is 2. The first kappa shape index (κ1) is 44.9. The molecule has 1 fully saturated rings. The number of primary amides is 2. The summed E-state index contributed by atoms with van der Waals surface area (Å²) in [7, 11) is 3.62. The minimum Gasteiger partial charge on any atom is -0.494 e.